The van der Waals surface area contributed by atoms with Crippen molar-refractivity contribution >= 4 is 5.97 Å². The second kappa shape index (κ2) is 11.1. The van der Waals surface area contributed by atoms with Crippen LogP contribution in [0.25, 0.3) is 0 Å². The fourth-order valence-corrected chi connectivity index (χ4v) is 4.64. The third kappa shape index (κ3) is 6.41. The second-order valence-corrected chi connectivity index (χ2v) is 8.04. The Morgan fingerprint density at radius 2 is 1.93 bits per heavy atom. The standard InChI is InChI=1S/C24H30O3.Na.H/c1-2-7-21(16-23(25)26)20-9-11-22(12-10-20)27-18-19-8-6-15-24(17-19)13-4-3-5-14-24;;/h8-12,21H,3-6,13-18H2,1H3,(H,25,26);;/q;+1;-1. The number of ether oxygens (including phenoxy) is 1. The van der Waals surface area contributed by atoms with Gasteiger partial charge in [-0.3, -0.25) is 4.79 Å². The van der Waals surface area contributed by atoms with Crippen LogP contribution in [-0.4, -0.2) is 17.7 Å². The normalized spacial score (nSPS) is 18.8. The first-order valence-corrected chi connectivity index (χ1v) is 10.1. The van der Waals surface area contributed by atoms with Crippen molar-refractivity contribution in [1.82, 2.24) is 0 Å². The predicted molar refractivity (Wildman–Crippen MR) is 109 cm³/mol. The maximum Gasteiger partial charge on any atom is 1.00 e. The average molecular weight is 390 g/mol. The van der Waals surface area contributed by atoms with Crippen LogP contribution >= 0.6 is 0 Å². The molecule has 1 N–H and O–H groups in total. The molecule has 0 aliphatic heterocycles. The minimum atomic E-state index is -0.830. The molecule has 2 aliphatic carbocycles. The Labute approximate surface area is 192 Å². The monoisotopic (exact) mass is 390 g/mol. The zero-order valence-electron chi connectivity index (χ0n) is 18.3. The van der Waals surface area contributed by atoms with E-state index < -0.39 is 5.97 Å². The van der Waals surface area contributed by atoms with Crippen LogP contribution in [-0.2, 0) is 4.79 Å². The summed E-state index contributed by atoms with van der Waals surface area (Å²) in [6, 6.07) is 7.74. The molecule has 0 heterocycles. The summed E-state index contributed by atoms with van der Waals surface area (Å²) < 4.78 is 6.03. The zero-order chi connectivity index (χ0) is 19.1. The van der Waals surface area contributed by atoms with Crippen LogP contribution in [0.5, 0.6) is 5.75 Å². The first-order valence-electron chi connectivity index (χ1n) is 10.1. The molecule has 0 bridgehead atoms. The van der Waals surface area contributed by atoms with Crippen LogP contribution < -0.4 is 34.3 Å². The molecule has 0 amide bonds. The smallest absolute Gasteiger partial charge is 1.00 e. The Bertz CT molecular complexity index is 740. The van der Waals surface area contributed by atoms with Crippen molar-refractivity contribution in [2.75, 3.05) is 6.61 Å². The third-order valence-corrected chi connectivity index (χ3v) is 6.03. The molecular weight excluding hydrogens is 359 g/mol. The van der Waals surface area contributed by atoms with Crippen molar-refractivity contribution in [2.24, 2.45) is 5.41 Å². The van der Waals surface area contributed by atoms with E-state index in [0.29, 0.717) is 12.0 Å². The van der Waals surface area contributed by atoms with Gasteiger partial charge in [-0.15, -0.1) is 5.92 Å². The third-order valence-electron chi connectivity index (χ3n) is 6.03. The number of carboxylic acids is 1. The molecule has 1 fully saturated rings. The molecule has 1 spiro atoms. The van der Waals surface area contributed by atoms with E-state index in [0.717, 1.165) is 11.3 Å². The molecular formula is C24H31NaO3. The summed E-state index contributed by atoms with van der Waals surface area (Å²) in [4.78, 5) is 11.0. The maximum absolute atomic E-state index is 11.0. The van der Waals surface area contributed by atoms with Gasteiger partial charge < -0.3 is 11.3 Å². The molecule has 28 heavy (non-hydrogen) atoms. The van der Waals surface area contributed by atoms with Crippen molar-refractivity contribution < 1.29 is 45.6 Å². The van der Waals surface area contributed by atoms with Crippen LogP contribution in [0.15, 0.2) is 35.9 Å². The molecule has 3 nitrogen and oxygen atoms in total. The van der Waals surface area contributed by atoms with Crippen molar-refractivity contribution in [3.8, 4) is 17.6 Å². The predicted octanol–water partition coefficient (Wildman–Crippen LogP) is 2.82. The van der Waals surface area contributed by atoms with Crippen LogP contribution in [0.1, 0.15) is 77.6 Å². The van der Waals surface area contributed by atoms with E-state index in [9.17, 15) is 4.79 Å². The maximum atomic E-state index is 11.0. The van der Waals surface area contributed by atoms with Crippen molar-refractivity contribution in [1.29, 1.82) is 0 Å². The van der Waals surface area contributed by atoms with Gasteiger partial charge in [0.25, 0.3) is 0 Å². The Balaban J connectivity index is 0.00000210. The number of carbonyl (C=O) groups is 1. The first kappa shape index (κ1) is 23.1. The minimum Gasteiger partial charge on any atom is -1.00 e. The SMILES string of the molecule is CC#CC(CC(=O)O)c1ccc(OCC2=CCCC3(CCCCC3)C2)cc1.[H-].[Na+]. The van der Waals surface area contributed by atoms with Gasteiger partial charge in [0, 0.05) is 0 Å². The fourth-order valence-electron chi connectivity index (χ4n) is 4.64. The van der Waals surface area contributed by atoms with Gasteiger partial charge in [-0.25, -0.2) is 0 Å². The average Bonchev–Trinajstić information content (AvgIpc) is 2.67. The quantitative estimate of drug-likeness (QED) is 0.462. The number of allylic oxidation sites excluding steroid dienone is 1. The fraction of sp³-hybridized carbons (Fsp3) is 0.542. The van der Waals surface area contributed by atoms with Gasteiger partial charge in [-0.05, 0) is 67.7 Å². The molecule has 2 aliphatic rings. The number of hydrogen-bond acceptors (Lipinski definition) is 2. The van der Waals surface area contributed by atoms with Crippen LogP contribution in [0, 0.1) is 17.3 Å². The number of aliphatic carboxylic acids is 1. The summed E-state index contributed by atoms with van der Waals surface area (Å²) in [7, 11) is 0. The van der Waals surface area contributed by atoms with E-state index in [4.69, 9.17) is 9.84 Å². The van der Waals surface area contributed by atoms with Gasteiger partial charge in [0.1, 0.15) is 12.4 Å². The number of hydrogen-bond donors (Lipinski definition) is 1. The minimum absolute atomic E-state index is 0. The van der Waals surface area contributed by atoms with Gasteiger partial charge in [-0.2, -0.15) is 0 Å². The van der Waals surface area contributed by atoms with Gasteiger partial charge in [0.2, 0.25) is 0 Å². The largest absolute Gasteiger partial charge is 1.00 e. The molecule has 0 aromatic heterocycles. The van der Waals surface area contributed by atoms with Crippen molar-refractivity contribution in [3.05, 3.63) is 41.5 Å². The summed E-state index contributed by atoms with van der Waals surface area (Å²) in [5.74, 6) is 5.55. The topological polar surface area (TPSA) is 46.5 Å². The summed E-state index contributed by atoms with van der Waals surface area (Å²) in [6.07, 6.45) is 13.0. The van der Waals surface area contributed by atoms with Crippen LogP contribution in [0.2, 0.25) is 0 Å². The molecule has 4 heteroatoms. The van der Waals surface area contributed by atoms with E-state index >= 15 is 0 Å². The summed E-state index contributed by atoms with van der Waals surface area (Å²) in [5.41, 5.74) is 2.91. The van der Waals surface area contributed by atoms with Gasteiger partial charge in [0.15, 0.2) is 0 Å². The van der Waals surface area contributed by atoms with Crippen LogP contribution in [0.3, 0.4) is 0 Å². The Morgan fingerprint density at radius 3 is 2.57 bits per heavy atom. The zero-order valence-corrected chi connectivity index (χ0v) is 19.3. The molecule has 3 rings (SSSR count). The van der Waals surface area contributed by atoms with Gasteiger partial charge in [-0.1, -0.05) is 43.4 Å². The summed E-state index contributed by atoms with van der Waals surface area (Å²) in [5, 5.41) is 9.06. The van der Waals surface area contributed by atoms with Crippen molar-refractivity contribution in [2.45, 2.75) is 70.6 Å². The summed E-state index contributed by atoms with van der Waals surface area (Å²) in [6.45, 7) is 2.40. The number of rotatable bonds is 6. The number of carboxylic acid groups (broad SMARTS) is 1. The van der Waals surface area contributed by atoms with Gasteiger partial charge in [0.05, 0.1) is 12.3 Å². The second-order valence-electron chi connectivity index (χ2n) is 8.04. The Kier molecular flexibility index (Phi) is 9.15. The molecule has 1 atom stereocenters. The molecule has 1 aromatic rings. The van der Waals surface area contributed by atoms with E-state index in [2.05, 4.69) is 17.9 Å². The molecule has 0 saturated heterocycles. The molecule has 1 saturated carbocycles. The van der Waals surface area contributed by atoms with E-state index in [1.54, 1.807) is 6.92 Å². The van der Waals surface area contributed by atoms with E-state index in [1.165, 1.54) is 56.9 Å². The first-order chi connectivity index (χ1) is 13.1. The van der Waals surface area contributed by atoms with E-state index in [-0.39, 0.29) is 43.3 Å². The Hall–Kier alpha value is -1.21. The van der Waals surface area contributed by atoms with Crippen molar-refractivity contribution in [3.63, 3.8) is 0 Å². The molecule has 1 unspecified atom stereocenters. The Morgan fingerprint density at radius 1 is 1.21 bits per heavy atom. The molecule has 1 aromatic carbocycles. The summed E-state index contributed by atoms with van der Waals surface area (Å²) >= 11 is 0. The van der Waals surface area contributed by atoms with Crippen LogP contribution in [0.4, 0.5) is 0 Å². The molecule has 146 valence electrons. The van der Waals surface area contributed by atoms with E-state index in [1.807, 2.05) is 24.3 Å². The number of benzene rings is 1. The molecule has 0 radical (unpaired) electrons. The van der Waals surface area contributed by atoms with Gasteiger partial charge >= 0.3 is 35.5 Å².